The van der Waals surface area contributed by atoms with Gasteiger partial charge in [0.1, 0.15) is 5.82 Å². The monoisotopic (exact) mass is 344 g/mol. The Morgan fingerprint density at radius 1 is 1.21 bits per heavy atom. The molecule has 1 heterocycles. The van der Waals surface area contributed by atoms with Gasteiger partial charge in [-0.15, -0.1) is 5.10 Å². The Labute approximate surface area is 143 Å². The number of halogens is 2. The van der Waals surface area contributed by atoms with Crippen molar-refractivity contribution in [1.29, 1.82) is 0 Å². The second kappa shape index (κ2) is 6.80. The third-order valence-electron chi connectivity index (χ3n) is 3.58. The molecule has 0 saturated heterocycles. The van der Waals surface area contributed by atoms with Crippen LogP contribution in [0.15, 0.2) is 48.5 Å². The summed E-state index contributed by atoms with van der Waals surface area (Å²) in [4.78, 5) is 12.3. The summed E-state index contributed by atoms with van der Waals surface area (Å²) < 4.78 is 15.2. The molecule has 122 valence electrons. The summed E-state index contributed by atoms with van der Waals surface area (Å²) >= 11 is 5.81. The Hall–Kier alpha value is -2.73. The van der Waals surface area contributed by atoms with Crippen molar-refractivity contribution < 1.29 is 9.18 Å². The molecule has 0 atom stereocenters. The summed E-state index contributed by atoms with van der Waals surface area (Å²) in [5.41, 5.74) is 1.84. The minimum atomic E-state index is -0.380. The van der Waals surface area contributed by atoms with Crippen molar-refractivity contribution in [3.63, 3.8) is 0 Å². The zero-order valence-electron chi connectivity index (χ0n) is 12.8. The SMILES string of the molecule is Cc1c(C(=O)Nc2ccc(Cl)cc2)nnn1Cc1ccccc1F. The number of hydrogen-bond acceptors (Lipinski definition) is 3. The van der Waals surface area contributed by atoms with Crippen molar-refractivity contribution in [2.75, 3.05) is 5.32 Å². The maximum Gasteiger partial charge on any atom is 0.278 e. The largest absolute Gasteiger partial charge is 0.321 e. The standard InChI is InChI=1S/C17H14ClFN4O/c1-11-16(17(24)20-14-8-6-13(18)7-9-14)21-22-23(11)10-12-4-2-3-5-15(12)19/h2-9H,10H2,1H3,(H,20,24). The minimum absolute atomic E-state index is 0.196. The lowest BCUT2D eigenvalue weighted by Crippen LogP contribution is -2.14. The van der Waals surface area contributed by atoms with Gasteiger partial charge in [-0.25, -0.2) is 9.07 Å². The summed E-state index contributed by atoms with van der Waals surface area (Å²) in [7, 11) is 0. The van der Waals surface area contributed by atoms with E-state index in [0.29, 0.717) is 22.0 Å². The third kappa shape index (κ3) is 3.44. The van der Waals surface area contributed by atoms with E-state index in [9.17, 15) is 9.18 Å². The van der Waals surface area contributed by atoms with Crippen LogP contribution in [0, 0.1) is 12.7 Å². The lowest BCUT2D eigenvalue weighted by atomic mass is 10.2. The van der Waals surface area contributed by atoms with Crippen LogP contribution in [0.25, 0.3) is 0 Å². The van der Waals surface area contributed by atoms with E-state index in [-0.39, 0.29) is 24.0 Å². The number of nitrogens with zero attached hydrogens (tertiary/aromatic N) is 3. The molecule has 0 aliphatic heterocycles. The Morgan fingerprint density at radius 3 is 2.62 bits per heavy atom. The van der Waals surface area contributed by atoms with Gasteiger partial charge >= 0.3 is 0 Å². The van der Waals surface area contributed by atoms with E-state index < -0.39 is 0 Å². The molecule has 5 nitrogen and oxygen atoms in total. The average Bonchev–Trinajstić information content (AvgIpc) is 2.93. The van der Waals surface area contributed by atoms with E-state index in [1.807, 2.05) is 0 Å². The normalized spacial score (nSPS) is 10.6. The van der Waals surface area contributed by atoms with Crippen LogP contribution in [0.3, 0.4) is 0 Å². The van der Waals surface area contributed by atoms with E-state index in [1.54, 1.807) is 49.4 Å². The number of aromatic nitrogens is 3. The second-order valence-corrected chi connectivity index (χ2v) is 5.67. The number of carbonyl (C=O) groups is 1. The molecule has 0 saturated carbocycles. The average molecular weight is 345 g/mol. The van der Waals surface area contributed by atoms with Crippen LogP contribution in [0.4, 0.5) is 10.1 Å². The van der Waals surface area contributed by atoms with E-state index in [0.717, 1.165) is 0 Å². The van der Waals surface area contributed by atoms with Crippen molar-refractivity contribution in [2.24, 2.45) is 0 Å². The maximum absolute atomic E-state index is 13.7. The molecule has 0 aliphatic carbocycles. The van der Waals surface area contributed by atoms with Gasteiger partial charge in [0.05, 0.1) is 12.2 Å². The highest BCUT2D eigenvalue weighted by molar-refractivity contribution is 6.30. The highest BCUT2D eigenvalue weighted by Crippen LogP contribution is 2.16. The number of carbonyl (C=O) groups excluding carboxylic acids is 1. The smallest absolute Gasteiger partial charge is 0.278 e. The molecule has 0 bridgehead atoms. The fourth-order valence-electron chi connectivity index (χ4n) is 2.23. The van der Waals surface area contributed by atoms with E-state index in [1.165, 1.54) is 10.7 Å². The summed E-state index contributed by atoms with van der Waals surface area (Å²) in [6.07, 6.45) is 0. The molecule has 1 amide bonds. The third-order valence-corrected chi connectivity index (χ3v) is 3.83. The molecule has 0 spiro atoms. The molecule has 0 fully saturated rings. The first kappa shape index (κ1) is 16.1. The van der Waals surface area contributed by atoms with Gasteiger partial charge in [0.2, 0.25) is 0 Å². The quantitative estimate of drug-likeness (QED) is 0.785. The zero-order valence-corrected chi connectivity index (χ0v) is 13.6. The molecule has 1 N–H and O–H groups in total. The van der Waals surface area contributed by atoms with Crippen molar-refractivity contribution in [3.05, 3.63) is 76.3 Å². The molecule has 7 heteroatoms. The van der Waals surface area contributed by atoms with E-state index in [2.05, 4.69) is 15.6 Å². The maximum atomic E-state index is 13.7. The molecular weight excluding hydrogens is 331 g/mol. The molecular formula is C17H14ClFN4O. The fraction of sp³-hybridized carbons (Fsp3) is 0.118. The molecule has 0 radical (unpaired) electrons. The summed E-state index contributed by atoms with van der Waals surface area (Å²) in [5.74, 6) is -0.700. The molecule has 3 rings (SSSR count). The lowest BCUT2D eigenvalue weighted by Gasteiger charge is -2.06. The van der Waals surface area contributed by atoms with Gasteiger partial charge in [-0.2, -0.15) is 0 Å². The van der Waals surface area contributed by atoms with Crippen LogP contribution in [0.2, 0.25) is 5.02 Å². The first-order valence-corrected chi connectivity index (χ1v) is 7.63. The number of amides is 1. The summed E-state index contributed by atoms with van der Waals surface area (Å²) in [5, 5.41) is 11.2. The van der Waals surface area contributed by atoms with Gasteiger partial charge in [-0.1, -0.05) is 35.0 Å². The van der Waals surface area contributed by atoms with Crippen LogP contribution in [-0.2, 0) is 6.54 Å². The highest BCUT2D eigenvalue weighted by atomic mass is 35.5. The lowest BCUT2D eigenvalue weighted by molar-refractivity contribution is 0.102. The van der Waals surface area contributed by atoms with Crippen molar-refractivity contribution in [3.8, 4) is 0 Å². The van der Waals surface area contributed by atoms with Crippen molar-refractivity contribution >= 4 is 23.2 Å². The number of benzene rings is 2. The minimum Gasteiger partial charge on any atom is -0.321 e. The van der Waals surface area contributed by atoms with Gasteiger partial charge in [-0.05, 0) is 37.3 Å². The molecule has 2 aromatic carbocycles. The number of hydrogen-bond donors (Lipinski definition) is 1. The van der Waals surface area contributed by atoms with Crippen molar-refractivity contribution in [1.82, 2.24) is 15.0 Å². The molecule has 0 unspecified atom stereocenters. The topological polar surface area (TPSA) is 59.8 Å². The van der Waals surface area contributed by atoms with E-state index in [4.69, 9.17) is 11.6 Å². The van der Waals surface area contributed by atoms with E-state index >= 15 is 0 Å². The van der Waals surface area contributed by atoms with Gasteiger partial charge in [0.25, 0.3) is 5.91 Å². The van der Waals surface area contributed by atoms with Gasteiger partial charge in [-0.3, -0.25) is 4.79 Å². The van der Waals surface area contributed by atoms with Gasteiger partial charge < -0.3 is 5.32 Å². The fourth-order valence-corrected chi connectivity index (χ4v) is 2.36. The summed E-state index contributed by atoms with van der Waals surface area (Å²) in [6.45, 7) is 1.93. The first-order chi connectivity index (χ1) is 11.5. The predicted octanol–water partition coefficient (Wildman–Crippen LogP) is 3.68. The van der Waals surface area contributed by atoms with Crippen LogP contribution >= 0.6 is 11.6 Å². The van der Waals surface area contributed by atoms with Crippen LogP contribution in [-0.4, -0.2) is 20.9 Å². The Balaban J connectivity index is 1.78. The Bertz CT molecular complexity index is 877. The Morgan fingerprint density at radius 2 is 1.92 bits per heavy atom. The van der Waals surface area contributed by atoms with Gasteiger partial charge in [0, 0.05) is 16.3 Å². The molecule has 0 aliphatic rings. The number of rotatable bonds is 4. The van der Waals surface area contributed by atoms with Crippen LogP contribution in [0.5, 0.6) is 0 Å². The molecule has 24 heavy (non-hydrogen) atoms. The Kier molecular flexibility index (Phi) is 4.57. The molecule has 1 aromatic heterocycles. The second-order valence-electron chi connectivity index (χ2n) is 5.23. The number of anilines is 1. The van der Waals surface area contributed by atoms with Crippen LogP contribution < -0.4 is 5.32 Å². The van der Waals surface area contributed by atoms with Crippen LogP contribution in [0.1, 0.15) is 21.7 Å². The highest BCUT2D eigenvalue weighted by Gasteiger charge is 2.17. The zero-order chi connectivity index (χ0) is 17.1. The van der Waals surface area contributed by atoms with Crippen molar-refractivity contribution in [2.45, 2.75) is 13.5 Å². The first-order valence-electron chi connectivity index (χ1n) is 7.25. The predicted molar refractivity (Wildman–Crippen MR) is 89.7 cm³/mol. The van der Waals surface area contributed by atoms with Gasteiger partial charge in [0.15, 0.2) is 5.69 Å². The molecule has 3 aromatic rings. The number of nitrogens with one attached hydrogen (secondary N) is 1. The summed E-state index contributed by atoms with van der Waals surface area (Å²) in [6, 6.07) is 13.2.